The normalized spacial score (nSPS) is 19.3. The number of likely N-dealkylation sites (tertiary alicyclic amines) is 2. The van der Waals surface area contributed by atoms with Gasteiger partial charge in [-0.2, -0.15) is 26.3 Å². The second-order valence-electron chi connectivity index (χ2n) is 8.08. The van der Waals surface area contributed by atoms with Crippen molar-refractivity contribution < 1.29 is 55.4 Å². The van der Waals surface area contributed by atoms with Gasteiger partial charge in [-0.05, 0) is 37.5 Å². The number of fused-ring (bicyclic) bond motifs is 1. The van der Waals surface area contributed by atoms with Crippen molar-refractivity contribution in [2.45, 2.75) is 50.7 Å². The van der Waals surface area contributed by atoms with E-state index in [9.17, 15) is 31.1 Å². The van der Waals surface area contributed by atoms with Gasteiger partial charge in [0.05, 0.1) is 6.26 Å². The minimum atomic E-state index is -5.08. The van der Waals surface area contributed by atoms with Gasteiger partial charge < -0.3 is 19.5 Å². The quantitative estimate of drug-likeness (QED) is 0.566. The highest BCUT2D eigenvalue weighted by Crippen LogP contribution is 2.34. The fourth-order valence-corrected chi connectivity index (χ4v) is 3.97. The van der Waals surface area contributed by atoms with Crippen LogP contribution in [-0.4, -0.2) is 80.4 Å². The molecule has 2 aliphatic rings. The average molecular weight is 539 g/mol. The number of rotatable bonds is 3. The predicted octanol–water partition coefficient (Wildman–Crippen LogP) is 3.74. The molecular weight excluding hydrogens is 516 g/mol. The number of carboxylic acid groups (broad SMARTS) is 2. The van der Waals surface area contributed by atoms with Gasteiger partial charge in [-0.15, -0.1) is 0 Å². The van der Waals surface area contributed by atoms with Crippen LogP contribution in [0.5, 0.6) is 0 Å². The highest BCUT2D eigenvalue weighted by atomic mass is 19.4. The Balaban J connectivity index is 0.000000286. The van der Waals surface area contributed by atoms with Crippen molar-refractivity contribution in [2.75, 3.05) is 13.1 Å². The standard InChI is InChI=1S/C18H21N3O2.2C2HF3O2/c1-13-6-10-23-17(13)18(22)21-9-5-15-16(21)4-8-20(15)12-14-3-2-7-19-11-14;2*3-2(4,5)1(6)7/h2-3,6-7,10-11,15-16H,4-5,8-9,12H2,1H3;2*(H,6,7)/t15-,16+;;/m0../s1. The van der Waals surface area contributed by atoms with Gasteiger partial charge in [-0.3, -0.25) is 14.7 Å². The van der Waals surface area contributed by atoms with Crippen LogP contribution in [0.4, 0.5) is 26.3 Å². The highest BCUT2D eigenvalue weighted by Gasteiger charge is 2.45. The van der Waals surface area contributed by atoms with Crippen LogP contribution >= 0.6 is 0 Å². The summed E-state index contributed by atoms with van der Waals surface area (Å²) < 4.78 is 68.9. The maximum Gasteiger partial charge on any atom is 0.490 e. The molecule has 9 nitrogen and oxygen atoms in total. The first kappa shape index (κ1) is 29.6. The zero-order valence-electron chi connectivity index (χ0n) is 19.3. The first-order valence-electron chi connectivity index (χ1n) is 10.7. The zero-order valence-corrected chi connectivity index (χ0v) is 19.3. The SMILES string of the molecule is Cc1ccoc1C(=O)N1CC[C@H]2[C@H]1CCN2Cc1cccnc1.O=C(O)C(F)(F)F.O=C(O)C(F)(F)F. The van der Waals surface area contributed by atoms with Crippen molar-refractivity contribution >= 4 is 17.8 Å². The number of halogens is 6. The number of aromatic nitrogens is 1. The van der Waals surface area contributed by atoms with E-state index in [0.717, 1.165) is 38.0 Å². The van der Waals surface area contributed by atoms with E-state index >= 15 is 0 Å². The molecule has 1 amide bonds. The number of aryl methyl sites for hydroxylation is 1. The van der Waals surface area contributed by atoms with E-state index in [1.807, 2.05) is 30.2 Å². The second-order valence-corrected chi connectivity index (χ2v) is 8.08. The molecule has 37 heavy (non-hydrogen) atoms. The van der Waals surface area contributed by atoms with E-state index < -0.39 is 24.3 Å². The van der Waals surface area contributed by atoms with Crippen molar-refractivity contribution in [1.29, 1.82) is 0 Å². The number of amides is 1. The molecule has 2 aromatic heterocycles. The van der Waals surface area contributed by atoms with Gasteiger partial charge in [0, 0.05) is 49.7 Å². The Morgan fingerprint density at radius 2 is 1.57 bits per heavy atom. The van der Waals surface area contributed by atoms with E-state index in [4.69, 9.17) is 24.2 Å². The van der Waals surface area contributed by atoms with Gasteiger partial charge in [-0.25, -0.2) is 9.59 Å². The largest absolute Gasteiger partial charge is 0.490 e. The third kappa shape index (κ3) is 8.20. The third-order valence-electron chi connectivity index (χ3n) is 5.60. The lowest BCUT2D eigenvalue weighted by molar-refractivity contribution is -0.193. The van der Waals surface area contributed by atoms with Gasteiger partial charge in [0.25, 0.3) is 5.91 Å². The summed E-state index contributed by atoms with van der Waals surface area (Å²) in [6, 6.07) is 6.71. The highest BCUT2D eigenvalue weighted by molar-refractivity contribution is 5.93. The molecule has 2 fully saturated rings. The van der Waals surface area contributed by atoms with Crippen molar-refractivity contribution in [1.82, 2.24) is 14.8 Å². The van der Waals surface area contributed by atoms with Gasteiger partial charge in [0.1, 0.15) is 0 Å². The summed E-state index contributed by atoms with van der Waals surface area (Å²) in [5, 5.41) is 14.2. The summed E-state index contributed by atoms with van der Waals surface area (Å²) in [4.78, 5) is 39.2. The Kier molecular flexibility index (Phi) is 9.67. The Bertz CT molecular complexity index is 1050. The Hall–Kier alpha value is -3.62. The molecule has 204 valence electrons. The van der Waals surface area contributed by atoms with Crippen LogP contribution in [0.25, 0.3) is 0 Å². The smallest absolute Gasteiger partial charge is 0.475 e. The Morgan fingerprint density at radius 1 is 1.00 bits per heavy atom. The maximum absolute atomic E-state index is 12.7. The molecule has 0 aliphatic carbocycles. The lowest BCUT2D eigenvalue weighted by Crippen LogP contribution is -2.39. The molecular formula is C22H23F6N3O6. The summed E-state index contributed by atoms with van der Waals surface area (Å²) in [6.07, 6.45) is -2.76. The van der Waals surface area contributed by atoms with Crippen LogP contribution in [0.2, 0.25) is 0 Å². The molecule has 0 radical (unpaired) electrons. The van der Waals surface area contributed by atoms with E-state index in [-0.39, 0.29) is 5.91 Å². The van der Waals surface area contributed by atoms with Crippen molar-refractivity contribution in [3.8, 4) is 0 Å². The maximum atomic E-state index is 12.7. The molecule has 2 atom stereocenters. The minimum absolute atomic E-state index is 0.0447. The summed E-state index contributed by atoms with van der Waals surface area (Å²) in [7, 11) is 0. The van der Waals surface area contributed by atoms with Gasteiger partial charge in [-0.1, -0.05) is 6.07 Å². The molecule has 0 aromatic carbocycles. The number of hydrogen-bond donors (Lipinski definition) is 2. The zero-order chi connectivity index (χ0) is 28.0. The molecule has 0 saturated carbocycles. The van der Waals surface area contributed by atoms with Crippen molar-refractivity contribution in [3.05, 3.63) is 53.7 Å². The van der Waals surface area contributed by atoms with E-state index in [2.05, 4.69) is 16.0 Å². The number of aliphatic carboxylic acids is 2. The van der Waals surface area contributed by atoms with Crippen LogP contribution < -0.4 is 0 Å². The van der Waals surface area contributed by atoms with Gasteiger partial charge in [0.2, 0.25) is 0 Å². The first-order chi connectivity index (χ1) is 17.1. The Labute approximate surface area is 206 Å². The number of alkyl halides is 6. The van der Waals surface area contributed by atoms with Crippen LogP contribution in [-0.2, 0) is 16.1 Å². The number of furan rings is 1. The monoisotopic (exact) mass is 539 g/mol. The van der Waals surface area contributed by atoms with Crippen LogP contribution in [0.1, 0.15) is 34.5 Å². The molecule has 4 heterocycles. The minimum Gasteiger partial charge on any atom is -0.475 e. The average Bonchev–Trinajstić information content (AvgIpc) is 3.51. The van der Waals surface area contributed by atoms with Crippen molar-refractivity contribution in [2.24, 2.45) is 0 Å². The summed E-state index contributed by atoms with van der Waals surface area (Å²) in [5.41, 5.74) is 2.16. The lowest BCUT2D eigenvalue weighted by Gasteiger charge is -2.25. The number of carboxylic acids is 2. The first-order valence-corrected chi connectivity index (χ1v) is 10.7. The molecule has 0 spiro atoms. The number of hydrogen-bond acceptors (Lipinski definition) is 6. The fraction of sp³-hybridized carbons (Fsp3) is 0.455. The molecule has 2 saturated heterocycles. The molecule has 2 aliphatic heterocycles. The van der Waals surface area contributed by atoms with E-state index in [1.54, 1.807) is 12.5 Å². The van der Waals surface area contributed by atoms with Gasteiger partial charge in [0.15, 0.2) is 5.76 Å². The molecule has 15 heteroatoms. The molecule has 0 bridgehead atoms. The number of nitrogens with zero attached hydrogens (tertiary/aromatic N) is 3. The molecule has 2 N–H and O–H groups in total. The van der Waals surface area contributed by atoms with Crippen LogP contribution in [0.15, 0.2) is 41.3 Å². The second kappa shape index (κ2) is 12.1. The molecule has 4 rings (SSSR count). The predicted molar refractivity (Wildman–Crippen MR) is 113 cm³/mol. The fourth-order valence-electron chi connectivity index (χ4n) is 3.97. The lowest BCUT2D eigenvalue weighted by atomic mass is 10.1. The molecule has 2 aromatic rings. The van der Waals surface area contributed by atoms with Gasteiger partial charge >= 0.3 is 24.3 Å². The van der Waals surface area contributed by atoms with E-state index in [1.165, 1.54) is 5.56 Å². The van der Waals surface area contributed by atoms with E-state index in [0.29, 0.717) is 17.8 Å². The van der Waals surface area contributed by atoms with Crippen molar-refractivity contribution in [3.63, 3.8) is 0 Å². The summed E-state index contributed by atoms with van der Waals surface area (Å²) >= 11 is 0. The van der Waals surface area contributed by atoms with Crippen LogP contribution in [0.3, 0.4) is 0 Å². The summed E-state index contributed by atoms with van der Waals surface area (Å²) in [6.45, 7) is 4.69. The number of pyridine rings is 1. The molecule has 0 unspecified atom stereocenters. The number of carbonyl (C=O) groups excluding carboxylic acids is 1. The third-order valence-corrected chi connectivity index (χ3v) is 5.60. The number of carbonyl (C=O) groups is 3. The van der Waals surface area contributed by atoms with Crippen LogP contribution in [0, 0.1) is 6.92 Å². The topological polar surface area (TPSA) is 124 Å². The Morgan fingerprint density at radius 3 is 2.03 bits per heavy atom. The summed E-state index contributed by atoms with van der Waals surface area (Å²) in [5.74, 6) is -4.97.